The summed E-state index contributed by atoms with van der Waals surface area (Å²) in [7, 11) is 0. The van der Waals surface area contributed by atoms with Gasteiger partial charge >= 0.3 is 5.97 Å². The monoisotopic (exact) mass is 380 g/mol. The number of nitrogens with zero attached hydrogens (tertiary/aromatic N) is 1. The fourth-order valence-corrected chi connectivity index (χ4v) is 2.55. The van der Waals surface area contributed by atoms with Crippen LogP contribution in [-0.4, -0.2) is 17.0 Å². The molecular formula is C21H20N2O5. The first-order valence-electron chi connectivity index (χ1n) is 8.67. The molecule has 3 aromatic rings. The van der Waals surface area contributed by atoms with E-state index in [1.807, 2.05) is 13.8 Å². The van der Waals surface area contributed by atoms with Crippen molar-refractivity contribution in [2.45, 2.75) is 27.4 Å². The number of hydrogen-bond acceptors (Lipinski definition) is 6. The maximum absolute atomic E-state index is 12.4. The number of esters is 1. The summed E-state index contributed by atoms with van der Waals surface area (Å²) in [4.78, 5) is 23.4. The summed E-state index contributed by atoms with van der Waals surface area (Å²) >= 11 is 0. The van der Waals surface area contributed by atoms with Crippen LogP contribution in [0.25, 0.3) is 0 Å². The molecule has 2 aromatic carbocycles. The Labute approximate surface area is 162 Å². The molecule has 1 aromatic heterocycles. The Morgan fingerprint density at radius 1 is 1.07 bits per heavy atom. The van der Waals surface area contributed by atoms with Crippen LogP contribution in [0.1, 0.15) is 34.3 Å². The van der Waals surface area contributed by atoms with Crippen LogP contribution in [0.3, 0.4) is 0 Å². The quantitative estimate of drug-likeness (QED) is 0.512. The van der Waals surface area contributed by atoms with Gasteiger partial charge in [-0.15, -0.1) is 0 Å². The number of amides is 1. The predicted molar refractivity (Wildman–Crippen MR) is 102 cm³/mol. The molecule has 0 atom stereocenters. The smallest absolute Gasteiger partial charge is 0.343 e. The summed E-state index contributed by atoms with van der Waals surface area (Å²) in [5.41, 5.74) is 2.65. The predicted octanol–water partition coefficient (Wildman–Crippen LogP) is 4.05. The molecule has 7 heteroatoms. The minimum absolute atomic E-state index is 0.168. The minimum Gasteiger partial charge on any atom is -0.489 e. The number of carbonyl (C=O) groups excluding carboxylic acids is 2. The number of aromatic nitrogens is 1. The van der Waals surface area contributed by atoms with E-state index in [1.165, 1.54) is 6.92 Å². The van der Waals surface area contributed by atoms with Crippen LogP contribution < -0.4 is 14.8 Å². The Morgan fingerprint density at radius 3 is 2.46 bits per heavy atom. The molecule has 0 saturated heterocycles. The SMILES string of the molecule is CC(=O)Nc1ccc(OC(=O)c2cccc(OCc3c(C)noc3C)c2)cc1. The number of anilines is 1. The van der Waals surface area contributed by atoms with Crippen LogP contribution in [0, 0.1) is 13.8 Å². The fourth-order valence-electron chi connectivity index (χ4n) is 2.55. The normalized spacial score (nSPS) is 10.4. The van der Waals surface area contributed by atoms with Crippen molar-refractivity contribution in [1.29, 1.82) is 0 Å². The molecular weight excluding hydrogens is 360 g/mol. The van der Waals surface area contributed by atoms with E-state index in [0.717, 1.165) is 11.3 Å². The molecule has 0 unspecified atom stereocenters. The molecule has 0 aliphatic rings. The van der Waals surface area contributed by atoms with Crippen LogP contribution >= 0.6 is 0 Å². The van der Waals surface area contributed by atoms with E-state index in [1.54, 1.807) is 48.5 Å². The number of benzene rings is 2. The van der Waals surface area contributed by atoms with E-state index in [9.17, 15) is 9.59 Å². The number of ether oxygens (including phenoxy) is 2. The van der Waals surface area contributed by atoms with Gasteiger partial charge in [0.2, 0.25) is 5.91 Å². The molecule has 1 N–H and O–H groups in total. The van der Waals surface area contributed by atoms with E-state index in [-0.39, 0.29) is 5.91 Å². The third-order valence-corrected chi connectivity index (χ3v) is 4.02. The first-order valence-corrected chi connectivity index (χ1v) is 8.67. The van der Waals surface area contributed by atoms with Gasteiger partial charge in [-0.05, 0) is 56.3 Å². The van der Waals surface area contributed by atoms with E-state index < -0.39 is 5.97 Å². The average Bonchev–Trinajstić information content (AvgIpc) is 2.99. The highest BCUT2D eigenvalue weighted by molar-refractivity contribution is 5.92. The van der Waals surface area contributed by atoms with E-state index in [4.69, 9.17) is 14.0 Å². The summed E-state index contributed by atoms with van der Waals surface area (Å²) in [5.74, 6) is 0.945. The molecule has 0 aliphatic carbocycles. The zero-order valence-electron chi connectivity index (χ0n) is 15.8. The summed E-state index contributed by atoms with van der Waals surface area (Å²) in [5, 5.41) is 6.54. The molecule has 0 spiro atoms. The van der Waals surface area contributed by atoms with Gasteiger partial charge in [-0.3, -0.25) is 4.79 Å². The van der Waals surface area contributed by atoms with Gasteiger partial charge in [0.25, 0.3) is 0 Å². The molecule has 1 heterocycles. The minimum atomic E-state index is -0.505. The first kappa shape index (κ1) is 19.2. The molecule has 0 bridgehead atoms. The highest BCUT2D eigenvalue weighted by Crippen LogP contribution is 2.21. The van der Waals surface area contributed by atoms with Crippen molar-refractivity contribution in [1.82, 2.24) is 5.16 Å². The molecule has 0 saturated carbocycles. The van der Waals surface area contributed by atoms with Crippen LogP contribution in [-0.2, 0) is 11.4 Å². The molecule has 0 aliphatic heterocycles. The average molecular weight is 380 g/mol. The largest absolute Gasteiger partial charge is 0.489 e. The molecule has 7 nitrogen and oxygen atoms in total. The lowest BCUT2D eigenvalue weighted by Crippen LogP contribution is -2.09. The van der Waals surface area contributed by atoms with Crippen molar-refractivity contribution in [3.63, 3.8) is 0 Å². The van der Waals surface area contributed by atoms with Crippen LogP contribution in [0.4, 0.5) is 5.69 Å². The zero-order valence-corrected chi connectivity index (χ0v) is 15.8. The van der Waals surface area contributed by atoms with Crippen molar-refractivity contribution < 1.29 is 23.6 Å². The van der Waals surface area contributed by atoms with Gasteiger partial charge in [-0.25, -0.2) is 4.79 Å². The van der Waals surface area contributed by atoms with Gasteiger partial charge < -0.3 is 19.3 Å². The van der Waals surface area contributed by atoms with Gasteiger partial charge in [0.15, 0.2) is 0 Å². The highest BCUT2D eigenvalue weighted by Gasteiger charge is 2.12. The van der Waals surface area contributed by atoms with Crippen LogP contribution in [0.2, 0.25) is 0 Å². The molecule has 0 fully saturated rings. The van der Waals surface area contributed by atoms with Gasteiger partial charge in [0.1, 0.15) is 23.9 Å². The van der Waals surface area contributed by atoms with E-state index in [0.29, 0.717) is 35.1 Å². The zero-order chi connectivity index (χ0) is 20.1. The van der Waals surface area contributed by atoms with Gasteiger partial charge in [0, 0.05) is 12.6 Å². The second-order valence-electron chi connectivity index (χ2n) is 6.21. The van der Waals surface area contributed by atoms with Gasteiger partial charge in [0.05, 0.1) is 16.8 Å². The molecule has 0 radical (unpaired) electrons. The van der Waals surface area contributed by atoms with Crippen molar-refractivity contribution in [3.05, 3.63) is 71.1 Å². The van der Waals surface area contributed by atoms with Crippen molar-refractivity contribution in [2.75, 3.05) is 5.32 Å². The fraction of sp³-hybridized carbons (Fsp3) is 0.190. The third-order valence-electron chi connectivity index (χ3n) is 4.02. The summed E-state index contributed by atoms with van der Waals surface area (Å²) < 4.78 is 16.2. The maximum atomic E-state index is 12.4. The molecule has 1 amide bonds. The lowest BCUT2D eigenvalue weighted by atomic mass is 10.2. The Morgan fingerprint density at radius 2 is 1.82 bits per heavy atom. The Kier molecular flexibility index (Phi) is 5.74. The summed E-state index contributed by atoms with van der Waals surface area (Å²) in [6, 6.07) is 13.3. The second-order valence-corrected chi connectivity index (χ2v) is 6.21. The first-order chi connectivity index (χ1) is 13.4. The summed E-state index contributed by atoms with van der Waals surface area (Å²) in [6.45, 7) is 5.39. The third kappa shape index (κ3) is 4.76. The Bertz CT molecular complexity index is 973. The lowest BCUT2D eigenvalue weighted by molar-refractivity contribution is -0.114. The second kappa shape index (κ2) is 8.39. The van der Waals surface area contributed by atoms with Crippen molar-refractivity contribution in [3.8, 4) is 11.5 Å². The topological polar surface area (TPSA) is 90.7 Å². The molecule has 28 heavy (non-hydrogen) atoms. The number of rotatable bonds is 6. The number of nitrogens with one attached hydrogen (secondary N) is 1. The lowest BCUT2D eigenvalue weighted by Gasteiger charge is -2.09. The van der Waals surface area contributed by atoms with Crippen LogP contribution in [0.5, 0.6) is 11.5 Å². The number of aryl methyl sites for hydroxylation is 2. The van der Waals surface area contributed by atoms with Gasteiger partial charge in [-0.2, -0.15) is 0 Å². The van der Waals surface area contributed by atoms with Gasteiger partial charge in [-0.1, -0.05) is 11.2 Å². The van der Waals surface area contributed by atoms with Crippen molar-refractivity contribution in [2.24, 2.45) is 0 Å². The highest BCUT2D eigenvalue weighted by atomic mass is 16.5. The Hall–Kier alpha value is -3.61. The van der Waals surface area contributed by atoms with Crippen molar-refractivity contribution >= 4 is 17.6 Å². The standard InChI is InChI=1S/C21H20N2O5/c1-13-20(14(2)28-23-13)12-26-19-6-4-5-16(11-19)21(25)27-18-9-7-17(8-10-18)22-15(3)24/h4-11H,12H2,1-3H3,(H,22,24). The van der Waals surface area contributed by atoms with E-state index in [2.05, 4.69) is 10.5 Å². The molecule has 144 valence electrons. The molecule has 3 rings (SSSR count). The van der Waals surface area contributed by atoms with E-state index >= 15 is 0 Å². The summed E-state index contributed by atoms with van der Waals surface area (Å²) in [6.07, 6.45) is 0. The number of hydrogen-bond donors (Lipinski definition) is 1. The number of carbonyl (C=O) groups is 2. The Balaban J connectivity index is 1.64. The maximum Gasteiger partial charge on any atom is 0.343 e. The van der Waals surface area contributed by atoms with Crippen LogP contribution in [0.15, 0.2) is 53.1 Å².